The summed E-state index contributed by atoms with van der Waals surface area (Å²) in [4.78, 5) is 16.0. The average molecular weight is 508 g/mol. The van der Waals surface area contributed by atoms with Crippen molar-refractivity contribution in [3.63, 3.8) is 0 Å². The van der Waals surface area contributed by atoms with E-state index in [0.717, 1.165) is 42.1 Å². The van der Waals surface area contributed by atoms with Crippen molar-refractivity contribution in [2.24, 2.45) is 11.8 Å². The number of nitrogens with zero attached hydrogens (tertiary/aromatic N) is 1. The molecule has 3 heteroatoms. The Morgan fingerprint density at radius 2 is 1.84 bits per heavy atom. The fourth-order valence-corrected chi connectivity index (χ4v) is 7.00. The Balaban J connectivity index is 1.09. The number of hydrogen-bond acceptors (Lipinski definition) is 3. The molecule has 1 saturated heterocycles. The van der Waals surface area contributed by atoms with E-state index in [1.54, 1.807) is 7.11 Å². The first kappa shape index (κ1) is 25.4. The molecule has 0 aromatic heterocycles. The van der Waals surface area contributed by atoms with E-state index in [2.05, 4.69) is 73.3 Å². The lowest BCUT2D eigenvalue weighted by Gasteiger charge is -2.55. The molecule has 0 amide bonds. The third-order valence-corrected chi connectivity index (χ3v) is 9.86. The maximum absolute atomic E-state index is 13.2. The Labute approximate surface area is 228 Å². The monoisotopic (exact) mass is 507 g/mol. The molecular weight excluding hydrogens is 466 g/mol. The van der Waals surface area contributed by atoms with Crippen molar-refractivity contribution in [2.75, 3.05) is 20.2 Å². The number of benzene rings is 3. The van der Waals surface area contributed by atoms with Gasteiger partial charge in [-0.05, 0) is 108 Å². The highest BCUT2D eigenvalue weighted by Crippen LogP contribution is 2.49. The molecule has 2 bridgehead atoms. The second-order valence-electron chi connectivity index (χ2n) is 12.2. The van der Waals surface area contributed by atoms with Crippen LogP contribution in [0.5, 0.6) is 5.75 Å². The molecule has 1 unspecified atom stereocenters. The number of ether oxygens (including phenoxy) is 1. The Hall–Kier alpha value is -2.91. The average Bonchev–Trinajstić information content (AvgIpc) is 3.77. The van der Waals surface area contributed by atoms with Gasteiger partial charge in [-0.1, -0.05) is 62.4 Å². The van der Waals surface area contributed by atoms with Crippen molar-refractivity contribution in [1.29, 1.82) is 0 Å². The normalized spacial score (nSPS) is 24.6. The van der Waals surface area contributed by atoms with Crippen LogP contribution in [0, 0.1) is 11.8 Å². The molecule has 198 valence electrons. The number of ketones is 1. The first-order chi connectivity index (χ1) is 18.4. The van der Waals surface area contributed by atoms with Crippen molar-refractivity contribution in [2.45, 2.75) is 70.3 Å². The Kier molecular flexibility index (Phi) is 6.90. The number of Topliss-reactive ketones (excluding diaryl/α,β-unsaturated/α-hetero) is 1. The van der Waals surface area contributed by atoms with Gasteiger partial charge in [0.1, 0.15) is 5.75 Å². The van der Waals surface area contributed by atoms with E-state index in [1.165, 1.54) is 54.6 Å². The lowest BCUT2D eigenvalue weighted by atomic mass is 9.58. The maximum Gasteiger partial charge on any atom is 0.162 e. The van der Waals surface area contributed by atoms with Gasteiger partial charge in [-0.15, -0.1) is 0 Å². The van der Waals surface area contributed by atoms with E-state index in [1.807, 2.05) is 12.1 Å². The van der Waals surface area contributed by atoms with Crippen molar-refractivity contribution < 1.29 is 9.53 Å². The van der Waals surface area contributed by atoms with Gasteiger partial charge >= 0.3 is 0 Å². The lowest BCUT2D eigenvalue weighted by molar-refractivity contribution is 0.0284. The van der Waals surface area contributed by atoms with Crippen LogP contribution >= 0.6 is 0 Å². The van der Waals surface area contributed by atoms with Gasteiger partial charge in [-0.2, -0.15) is 0 Å². The van der Waals surface area contributed by atoms with E-state index >= 15 is 0 Å². The van der Waals surface area contributed by atoms with E-state index < -0.39 is 0 Å². The molecule has 38 heavy (non-hydrogen) atoms. The predicted octanol–water partition coefficient (Wildman–Crippen LogP) is 7.50. The van der Waals surface area contributed by atoms with E-state index in [0.29, 0.717) is 18.4 Å². The predicted molar refractivity (Wildman–Crippen MR) is 155 cm³/mol. The molecule has 3 nitrogen and oxygen atoms in total. The molecule has 0 radical (unpaired) electrons. The number of piperidine rings is 1. The van der Waals surface area contributed by atoms with Crippen LogP contribution in [-0.4, -0.2) is 36.9 Å². The van der Waals surface area contributed by atoms with Gasteiger partial charge in [-0.25, -0.2) is 0 Å². The van der Waals surface area contributed by atoms with Gasteiger partial charge in [-0.3, -0.25) is 9.69 Å². The SMILES string of the molecule is COc1cccc(-c2ccc(CCCC(=O)c3ccc4c(c3)C3(C)CCN(CC5CC5)[C@H](C4)[C@@H]3C)cc2)c1. The van der Waals surface area contributed by atoms with Gasteiger partial charge in [0.15, 0.2) is 5.78 Å². The summed E-state index contributed by atoms with van der Waals surface area (Å²) in [5, 5.41) is 0. The van der Waals surface area contributed by atoms with Crippen LogP contribution in [0.1, 0.15) is 73.0 Å². The van der Waals surface area contributed by atoms with E-state index in [-0.39, 0.29) is 11.2 Å². The second kappa shape index (κ2) is 10.3. The minimum absolute atomic E-state index is 0.180. The summed E-state index contributed by atoms with van der Waals surface area (Å²) in [6.07, 6.45) is 7.58. The first-order valence-electron chi connectivity index (χ1n) is 14.6. The number of likely N-dealkylation sites (tertiary alicyclic amines) is 1. The molecule has 3 atom stereocenters. The largest absolute Gasteiger partial charge is 0.497 e. The van der Waals surface area contributed by atoms with Gasteiger partial charge in [0, 0.05) is 24.6 Å². The maximum atomic E-state index is 13.2. The smallest absolute Gasteiger partial charge is 0.162 e. The minimum atomic E-state index is 0.180. The van der Waals surface area contributed by atoms with Gasteiger partial charge in [0.2, 0.25) is 0 Å². The molecule has 3 aliphatic rings. The standard InChI is InChI=1S/C35H41NO2/c1-24-33-22-29-16-17-30(21-32(29)35(24,2)18-19-36(33)23-26-10-11-26)34(37)9-4-6-25-12-14-27(15-13-25)28-7-5-8-31(20-28)38-3/h5,7-8,12-17,20-21,24,26,33H,4,6,9-11,18-19,22-23H2,1-3H3/t24-,33+,35?/m0/s1. The summed E-state index contributed by atoms with van der Waals surface area (Å²) >= 11 is 0. The molecule has 1 aliphatic heterocycles. The molecule has 3 aromatic rings. The number of hydrogen-bond donors (Lipinski definition) is 0. The van der Waals surface area contributed by atoms with Crippen molar-refractivity contribution in [1.82, 2.24) is 4.90 Å². The minimum Gasteiger partial charge on any atom is -0.497 e. The van der Waals surface area contributed by atoms with Crippen LogP contribution < -0.4 is 4.74 Å². The summed E-state index contributed by atoms with van der Waals surface area (Å²) in [6, 6.07) is 24.2. The molecule has 1 saturated carbocycles. The van der Waals surface area contributed by atoms with E-state index in [4.69, 9.17) is 4.74 Å². The van der Waals surface area contributed by atoms with Crippen LogP contribution in [0.25, 0.3) is 11.1 Å². The fraction of sp³-hybridized carbons (Fsp3) is 0.457. The fourth-order valence-electron chi connectivity index (χ4n) is 7.00. The van der Waals surface area contributed by atoms with Crippen LogP contribution in [-0.2, 0) is 18.3 Å². The van der Waals surface area contributed by atoms with Gasteiger partial charge in [0.25, 0.3) is 0 Å². The zero-order chi connectivity index (χ0) is 26.3. The quantitative estimate of drug-likeness (QED) is 0.281. The lowest BCUT2D eigenvalue weighted by Crippen LogP contribution is -2.58. The Morgan fingerprint density at radius 3 is 2.61 bits per heavy atom. The van der Waals surface area contributed by atoms with Crippen LogP contribution in [0.15, 0.2) is 66.7 Å². The van der Waals surface area contributed by atoms with Crippen LogP contribution in [0.3, 0.4) is 0 Å². The molecule has 2 fully saturated rings. The zero-order valence-electron chi connectivity index (χ0n) is 23.2. The molecule has 0 spiro atoms. The van der Waals surface area contributed by atoms with Gasteiger partial charge in [0.05, 0.1) is 7.11 Å². The first-order valence-corrected chi connectivity index (χ1v) is 14.6. The Morgan fingerprint density at radius 1 is 1.03 bits per heavy atom. The molecule has 6 rings (SSSR count). The molecule has 1 heterocycles. The number of carbonyl (C=O) groups is 1. The summed E-state index contributed by atoms with van der Waals surface area (Å²) in [6.45, 7) is 7.41. The van der Waals surface area contributed by atoms with Gasteiger partial charge < -0.3 is 4.74 Å². The number of rotatable bonds is 9. The van der Waals surface area contributed by atoms with Crippen molar-refractivity contribution in [3.05, 3.63) is 89.0 Å². The highest BCUT2D eigenvalue weighted by molar-refractivity contribution is 5.96. The Bertz CT molecular complexity index is 1310. The molecular formula is C35H41NO2. The van der Waals surface area contributed by atoms with Crippen LogP contribution in [0.4, 0.5) is 0 Å². The highest BCUT2D eigenvalue weighted by Gasteiger charge is 2.49. The third kappa shape index (κ3) is 4.94. The van der Waals surface area contributed by atoms with E-state index in [9.17, 15) is 4.79 Å². The van der Waals surface area contributed by atoms with Crippen molar-refractivity contribution >= 4 is 5.78 Å². The topological polar surface area (TPSA) is 29.5 Å². The number of methoxy groups -OCH3 is 1. The number of aryl methyl sites for hydroxylation is 1. The van der Waals surface area contributed by atoms with Crippen LogP contribution in [0.2, 0.25) is 0 Å². The summed E-state index contributed by atoms with van der Waals surface area (Å²) in [5.41, 5.74) is 7.63. The number of carbonyl (C=O) groups excluding carboxylic acids is 1. The summed E-state index contributed by atoms with van der Waals surface area (Å²) in [5.74, 6) is 2.73. The molecule has 2 aliphatic carbocycles. The number of fused-ring (bicyclic) bond motifs is 4. The highest BCUT2D eigenvalue weighted by atomic mass is 16.5. The summed E-state index contributed by atoms with van der Waals surface area (Å²) in [7, 11) is 1.70. The molecule has 3 aromatic carbocycles. The molecule has 0 N–H and O–H groups in total. The zero-order valence-corrected chi connectivity index (χ0v) is 23.2. The third-order valence-electron chi connectivity index (χ3n) is 9.86. The summed E-state index contributed by atoms with van der Waals surface area (Å²) < 4.78 is 5.36. The second-order valence-corrected chi connectivity index (χ2v) is 12.2. The van der Waals surface area contributed by atoms with Crippen molar-refractivity contribution in [3.8, 4) is 16.9 Å².